The van der Waals surface area contributed by atoms with Gasteiger partial charge in [0, 0.05) is 5.92 Å². The normalized spacial score (nSPS) is 31.4. The van der Waals surface area contributed by atoms with Crippen LogP contribution < -0.4 is 0 Å². The molecule has 0 N–H and O–H groups in total. The molecule has 1 aromatic carbocycles. The van der Waals surface area contributed by atoms with Crippen molar-refractivity contribution in [3.8, 4) is 0 Å². The Hall–Kier alpha value is -1.35. The van der Waals surface area contributed by atoms with Gasteiger partial charge < -0.3 is 9.47 Å². The van der Waals surface area contributed by atoms with E-state index in [1.807, 2.05) is 51.1 Å². The molecule has 0 bridgehead atoms. The first-order chi connectivity index (χ1) is 8.58. The third-order valence-corrected chi connectivity index (χ3v) is 3.87. The van der Waals surface area contributed by atoms with Gasteiger partial charge in [-0.2, -0.15) is 0 Å². The SMILES string of the molecule is CC[C@H]1OC(=O)[C@](C)(OCc2ccccc2)[C@@H]1C. The minimum atomic E-state index is -0.823. The second-order valence-electron chi connectivity index (χ2n) is 5.02. The molecule has 0 saturated carbocycles. The Morgan fingerprint density at radius 1 is 1.33 bits per heavy atom. The van der Waals surface area contributed by atoms with Crippen molar-refractivity contribution >= 4 is 5.97 Å². The number of cyclic esters (lactones) is 1. The molecule has 0 aliphatic carbocycles. The van der Waals surface area contributed by atoms with Gasteiger partial charge in [-0.15, -0.1) is 0 Å². The van der Waals surface area contributed by atoms with Crippen LogP contribution in [0.3, 0.4) is 0 Å². The average Bonchev–Trinajstić information content (AvgIpc) is 2.62. The van der Waals surface area contributed by atoms with Gasteiger partial charge in [-0.05, 0) is 18.9 Å². The highest BCUT2D eigenvalue weighted by molar-refractivity contribution is 5.82. The molecule has 3 atom stereocenters. The van der Waals surface area contributed by atoms with Crippen molar-refractivity contribution in [1.29, 1.82) is 0 Å². The largest absolute Gasteiger partial charge is 0.460 e. The van der Waals surface area contributed by atoms with Crippen molar-refractivity contribution in [2.75, 3.05) is 0 Å². The molecule has 0 aromatic heterocycles. The molecule has 18 heavy (non-hydrogen) atoms. The zero-order valence-corrected chi connectivity index (χ0v) is 11.2. The highest BCUT2D eigenvalue weighted by atomic mass is 16.6. The molecule has 0 radical (unpaired) electrons. The Bertz CT molecular complexity index is 415. The van der Waals surface area contributed by atoms with Crippen molar-refractivity contribution in [1.82, 2.24) is 0 Å². The van der Waals surface area contributed by atoms with E-state index in [1.165, 1.54) is 0 Å². The summed E-state index contributed by atoms with van der Waals surface area (Å²) in [7, 11) is 0. The van der Waals surface area contributed by atoms with Crippen LogP contribution in [0, 0.1) is 5.92 Å². The van der Waals surface area contributed by atoms with E-state index in [0.29, 0.717) is 6.61 Å². The van der Waals surface area contributed by atoms with Crippen molar-refractivity contribution < 1.29 is 14.3 Å². The van der Waals surface area contributed by atoms with E-state index in [-0.39, 0.29) is 18.0 Å². The quantitative estimate of drug-likeness (QED) is 0.768. The molecule has 0 spiro atoms. The Kier molecular flexibility index (Phi) is 3.71. The molecular formula is C15H20O3. The van der Waals surface area contributed by atoms with Gasteiger partial charge in [0.15, 0.2) is 5.60 Å². The molecule has 1 heterocycles. The fraction of sp³-hybridized carbons (Fsp3) is 0.533. The summed E-state index contributed by atoms with van der Waals surface area (Å²) in [5, 5.41) is 0. The molecule has 3 nitrogen and oxygen atoms in total. The number of esters is 1. The standard InChI is InChI=1S/C15H20O3/c1-4-13-11(2)15(3,14(16)18-13)17-10-12-8-6-5-7-9-12/h5-9,11,13H,4,10H2,1-3H3/t11-,13-,15-/m1/s1. The van der Waals surface area contributed by atoms with Crippen molar-refractivity contribution in [2.45, 2.75) is 45.5 Å². The van der Waals surface area contributed by atoms with Crippen LogP contribution in [0.1, 0.15) is 32.8 Å². The number of rotatable bonds is 4. The number of ether oxygens (including phenoxy) is 2. The van der Waals surface area contributed by atoms with Crippen LogP contribution in [0.15, 0.2) is 30.3 Å². The van der Waals surface area contributed by atoms with E-state index < -0.39 is 5.60 Å². The van der Waals surface area contributed by atoms with E-state index in [0.717, 1.165) is 12.0 Å². The molecule has 1 saturated heterocycles. The zero-order chi connectivity index (χ0) is 13.2. The van der Waals surface area contributed by atoms with Gasteiger partial charge >= 0.3 is 5.97 Å². The molecule has 3 heteroatoms. The second kappa shape index (κ2) is 5.11. The van der Waals surface area contributed by atoms with Crippen LogP contribution in [0.5, 0.6) is 0 Å². The Morgan fingerprint density at radius 2 is 2.00 bits per heavy atom. The predicted molar refractivity (Wildman–Crippen MR) is 69.0 cm³/mol. The van der Waals surface area contributed by atoms with E-state index in [9.17, 15) is 4.79 Å². The summed E-state index contributed by atoms with van der Waals surface area (Å²) in [5.41, 5.74) is 0.245. The zero-order valence-electron chi connectivity index (χ0n) is 11.2. The second-order valence-corrected chi connectivity index (χ2v) is 5.02. The molecule has 0 amide bonds. The third-order valence-electron chi connectivity index (χ3n) is 3.87. The molecule has 1 aliphatic rings. The van der Waals surface area contributed by atoms with Crippen LogP contribution >= 0.6 is 0 Å². The van der Waals surface area contributed by atoms with Crippen molar-refractivity contribution in [3.63, 3.8) is 0 Å². The Morgan fingerprint density at radius 3 is 2.56 bits per heavy atom. The molecule has 2 rings (SSSR count). The van der Waals surface area contributed by atoms with Gasteiger partial charge in [0.1, 0.15) is 6.10 Å². The molecule has 1 aliphatic heterocycles. The number of hydrogen-bond donors (Lipinski definition) is 0. The van der Waals surface area contributed by atoms with Gasteiger partial charge in [0.25, 0.3) is 0 Å². The summed E-state index contributed by atoms with van der Waals surface area (Å²) in [4.78, 5) is 11.9. The lowest BCUT2D eigenvalue weighted by molar-refractivity contribution is -0.161. The lowest BCUT2D eigenvalue weighted by Gasteiger charge is -2.26. The van der Waals surface area contributed by atoms with Crippen LogP contribution in [-0.4, -0.2) is 17.7 Å². The summed E-state index contributed by atoms with van der Waals surface area (Å²) < 4.78 is 11.2. The van der Waals surface area contributed by atoms with Crippen LogP contribution in [0.25, 0.3) is 0 Å². The molecule has 1 fully saturated rings. The summed E-state index contributed by atoms with van der Waals surface area (Å²) in [6.45, 7) is 6.31. The molecule has 98 valence electrons. The van der Waals surface area contributed by atoms with Crippen molar-refractivity contribution in [3.05, 3.63) is 35.9 Å². The monoisotopic (exact) mass is 248 g/mol. The van der Waals surface area contributed by atoms with Gasteiger partial charge in [-0.25, -0.2) is 4.79 Å². The van der Waals surface area contributed by atoms with Gasteiger partial charge in [-0.1, -0.05) is 44.2 Å². The smallest absolute Gasteiger partial charge is 0.338 e. The summed E-state index contributed by atoms with van der Waals surface area (Å²) >= 11 is 0. The first kappa shape index (κ1) is 13.1. The minimum absolute atomic E-state index is 0.0294. The van der Waals surface area contributed by atoms with Gasteiger partial charge in [-0.3, -0.25) is 0 Å². The molecular weight excluding hydrogens is 228 g/mol. The van der Waals surface area contributed by atoms with E-state index in [2.05, 4.69) is 0 Å². The highest BCUT2D eigenvalue weighted by Gasteiger charge is 2.52. The van der Waals surface area contributed by atoms with Crippen molar-refractivity contribution in [2.24, 2.45) is 5.92 Å². The maximum atomic E-state index is 11.9. The Labute approximate surface area is 108 Å². The van der Waals surface area contributed by atoms with E-state index >= 15 is 0 Å². The van der Waals surface area contributed by atoms with Gasteiger partial charge in [0.05, 0.1) is 6.61 Å². The summed E-state index contributed by atoms with van der Waals surface area (Å²) in [5.74, 6) is -0.156. The lowest BCUT2D eigenvalue weighted by atomic mass is 9.88. The first-order valence-corrected chi connectivity index (χ1v) is 6.47. The summed E-state index contributed by atoms with van der Waals surface area (Å²) in [6, 6.07) is 9.88. The number of carbonyl (C=O) groups is 1. The minimum Gasteiger partial charge on any atom is -0.460 e. The topological polar surface area (TPSA) is 35.5 Å². The third kappa shape index (κ3) is 2.27. The maximum absolute atomic E-state index is 11.9. The van der Waals surface area contributed by atoms with Crippen LogP contribution in [0.2, 0.25) is 0 Å². The number of benzene rings is 1. The van der Waals surface area contributed by atoms with E-state index in [4.69, 9.17) is 9.47 Å². The predicted octanol–water partition coefficient (Wildman–Crippen LogP) is 2.93. The maximum Gasteiger partial charge on any atom is 0.338 e. The van der Waals surface area contributed by atoms with Gasteiger partial charge in [0.2, 0.25) is 0 Å². The van der Waals surface area contributed by atoms with Crippen LogP contribution in [0.4, 0.5) is 0 Å². The first-order valence-electron chi connectivity index (χ1n) is 6.47. The Balaban J connectivity index is 2.05. The summed E-state index contributed by atoms with van der Waals surface area (Å²) in [6.07, 6.45) is 0.801. The number of carbonyl (C=O) groups excluding carboxylic acids is 1. The average molecular weight is 248 g/mol. The van der Waals surface area contributed by atoms with E-state index in [1.54, 1.807) is 0 Å². The fourth-order valence-electron chi connectivity index (χ4n) is 2.33. The molecule has 0 unspecified atom stereocenters. The fourth-order valence-corrected chi connectivity index (χ4v) is 2.33. The highest BCUT2D eigenvalue weighted by Crippen LogP contribution is 2.36. The number of hydrogen-bond acceptors (Lipinski definition) is 3. The van der Waals surface area contributed by atoms with Crippen LogP contribution in [-0.2, 0) is 20.9 Å². The molecule has 1 aromatic rings. The lowest BCUT2D eigenvalue weighted by Crippen LogP contribution is -2.40.